The smallest absolute Gasteiger partial charge is 0.0465 e. The Balaban J connectivity index is 2.58. The van der Waals surface area contributed by atoms with Gasteiger partial charge in [0, 0.05) is 16.6 Å². The SMILES string of the molecule is CN(C)CCCN(CCCN(C)C)Cc1ccc(Cl)cc1Cl. The van der Waals surface area contributed by atoms with Crippen LogP contribution in [0, 0.1) is 0 Å². The van der Waals surface area contributed by atoms with Gasteiger partial charge in [-0.15, -0.1) is 0 Å². The molecule has 0 unspecified atom stereocenters. The highest BCUT2D eigenvalue weighted by molar-refractivity contribution is 6.35. The van der Waals surface area contributed by atoms with Crippen LogP contribution in [0.2, 0.25) is 10.0 Å². The molecule has 1 rings (SSSR count). The summed E-state index contributed by atoms with van der Waals surface area (Å²) in [5, 5.41) is 1.46. The normalized spacial score (nSPS) is 11.9. The lowest BCUT2D eigenvalue weighted by molar-refractivity contribution is 0.234. The van der Waals surface area contributed by atoms with Crippen molar-refractivity contribution in [2.45, 2.75) is 19.4 Å². The molecule has 0 fully saturated rings. The second-order valence-electron chi connectivity index (χ2n) is 6.33. The summed E-state index contributed by atoms with van der Waals surface area (Å²) in [5.41, 5.74) is 1.15. The quantitative estimate of drug-likeness (QED) is 0.640. The fourth-order valence-corrected chi connectivity index (χ4v) is 2.85. The van der Waals surface area contributed by atoms with E-state index in [1.807, 2.05) is 18.2 Å². The minimum Gasteiger partial charge on any atom is -0.309 e. The number of rotatable bonds is 10. The third kappa shape index (κ3) is 8.35. The summed E-state index contributed by atoms with van der Waals surface area (Å²) < 4.78 is 0. The molecule has 0 saturated heterocycles. The van der Waals surface area contributed by atoms with Crippen molar-refractivity contribution < 1.29 is 0 Å². The minimum absolute atomic E-state index is 0.695. The zero-order valence-electron chi connectivity index (χ0n) is 14.3. The number of benzene rings is 1. The van der Waals surface area contributed by atoms with Crippen molar-refractivity contribution in [3.8, 4) is 0 Å². The van der Waals surface area contributed by atoms with Crippen molar-refractivity contribution in [1.29, 1.82) is 0 Å². The molecule has 0 bridgehead atoms. The zero-order valence-corrected chi connectivity index (χ0v) is 15.8. The maximum absolute atomic E-state index is 6.32. The molecule has 0 aromatic heterocycles. The molecular formula is C17H29Cl2N3. The first-order valence-electron chi connectivity index (χ1n) is 7.84. The minimum atomic E-state index is 0.695. The van der Waals surface area contributed by atoms with E-state index in [1.54, 1.807) is 0 Å². The van der Waals surface area contributed by atoms with Gasteiger partial charge in [0.15, 0.2) is 0 Å². The Labute approximate surface area is 145 Å². The second-order valence-corrected chi connectivity index (χ2v) is 7.17. The van der Waals surface area contributed by atoms with E-state index >= 15 is 0 Å². The summed E-state index contributed by atoms with van der Waals surface area (Å²) in [6.07, 6.45) is 2.33. The van der Waals surface area contributed by atoms with E-state index in [0.717, 1.165) is 43.3 Å². The summed E-state index contributed by atoms with van der Waals surface area (Å²) in [7, 11) is 8.47. The summed E-state index contributed by atoms with van der Waals surface area (Å²) in [6, 6.07) is 5.78. The molecule has 0 spiro atoms. The van der Waals surface area contributed by atoms with Crippen molar-refractivity contribution >= 4 is 23.2 Å². The van der Waals surface area contributed by atoms with Gasteiger partial charge in [0.25, 0.3) is 0 Å². The molecule has 0 saturated carbocycles. The fraction of sp³-hybridized carbons (Fsp3) is 0.647. The first kappa shape index (κ1) is 19.7. The van der Waals surface area contributed by atoms with Gasteiger partial charge in [-0.2, -0.15) is 0 Å². The standard InChI is InChI=1S/C17H29Cl2N3/c1-20(2)9-5-11-22(12-6-10-21(3)4)14-15-7-8-16(18)13-17(15)19/h7-8,13H,5-6,9-12,14H2,1-4H3. The van der Waals surface area contributed by atoms with Crippen molar-refractivity contribution in [3.05, 3.63) is 33.8 Å². The van der Waals surface area contributed by atoms with Gasteiger partial charge in [-0.05, 0) is 84.9 Å². The average molecular weight is 346 g/mol. The van der Waals surface area contributed by atoms with Crippen molar-refractivity contribution in [3.63, 3.8) is 0 Å². The molecule has 0 aliphatic rings. The zero-order chi connectivity index (χ0) is 16.5. The van der Waals surface area contributed by atoms with Gasteiger partial charge in [0.05, 0.1) is 0 Å². The molecule has 22 heavy (non-hydrogen) atoms. The molecule has 0 N–H and O–H groups in total. The first-order valence-corrected chi connectivity index (χ1v) is 8.60. The summed E-state index contributed by atoms with van der Waals surface area (Å²) >= 11 is 12.3. The maximum atomic E-state index is 6.32. The van der Waals surface area contributed by atoms with Crippen LogP contribution in [0.3, 0.4) is 0 Å². The Morgan fingerprint density at radius 2 is 1.36 bits per heavy atom. The Morgan fingerprint density at radius 3 is 1.82 bits per heavy atom. The largest absolute Gasteiger partial charge is 0.309 e. The van der Waals surface area contributed by atoms with E-state index < -0.39 is 0 Å². The van der Waals surface area contributed by atoms with Gasteiger partial charge in [0.2, 0.25) is 0 Å². The van der Waals surface area contributed by atoms with Crippen molar-refractivity contribution in [1.82, 2.24) is 14.7 Å². The van der Waals surface area contributed by atoms with Crippen LogP contribution < -0.4 is 0 Å². The van der Waals surface area contributed by atoms with Crippen LogP contribution in [0.15, 0.2) is 18.2 Å². The highest BCUT2D eigenvalue weighted by Gasteiger charge is 2.09. The van der Waals surface area contributed by atoms with E-state index in [1.165, 1.54) is 12.8 Å². The summed E-state index contributed by atoms with van der Waals surface area (Å²) in [4.78, 5) is 6.95. The predicted octanol–water partition coefficient (Wildman–Crippen LogP) is 3.70. The van der Waals surface area contributed by atoms with Crippen LogP contribution in [0.1, 0.15) is 18.4 Å². The Hall–Kier alpha value is -0.320. The monoisotopic (exact) mass is 345 g/mol. The van der Waals surface area contributed by atoms with Gasteiger partial charge < -0.3 is 9.80 Å². The number of halogens is 2. The second kappa shape index (κ2) is 10.5. The van der Waals surface area contributed by atoms with Gasteiger partial charge in [-0.1, -0.05) is 29.3 Å². The van der Waals surface area contributed by atoms with Crippen LogP contribution in [0.25, 0.3) is 0 Å². The molecule has 3 nitrogen and oxygen atoms in total. The van der Waals surface area contributed by atoms with Crippen LogP contribution in [0.4, 0.5) is 0 Å². The molecule has 0 aliphatic carbocycles. The van der Waals surface area contributed by atoms with E-state index in [0.29, 0.717) is 5.02 Å². The molecule has 5 heteroatoms. The highest BCUT2D eigenvalue weighted by Crippen LogP contribution is 2.22. The predicted molar refractivity (Wildman–Crippen MR) is 98.1 cm³/mol. The molecule has 1 aromatic carbocycles. The topological polar surface area (TPSA) is 9.72 Å². The summed E-state index contributed by atoms with van der Waals surface area (Å²) in [5.74, 6) is 0. The van der Waals surface area contributed by atoms with Crippen LogP contribution >= 0.6 is 23.2 Å². The number of hydrogen-bond donors (Lipinski definition) is 0. The van der Waals surface area contributed by atoms with E-state index in [2.05, 4.69) is 42.9 Å². The molecule has 0 heterocycles. The van der Waals surface area contributed by atoms with E-state index in [4.69, 9.17) is 23.2 Å². The van der Waals surface area contributed by atoms with E-state index in [9.17, 15) is 0 Å². The first-order chi connectivity index (χ1) is 10.4. The lowest BCUT2D eigenvalue weighted by Crippen LogP contribution is -2.30. The molecule has 1 aromatic rings. The molecule has 0 amide bonds. The Kier molecular flexibility index (Phi) is 9.37. The van der Waals surface area contributed by atoms with Crippen LogP contribution in [0.5, 0.6) is 0 Å². The maximum Gasteiger partial charge on any atom is 0.0465 e. The van der Waals surface area contributed by atoms with Gasteiger partial charge >= 0.3 is 0 Å². The Morgan fingerprint density at radius 1 is 0.818 bits per heavy atom. The molecule has 0 radical (unpaired) electrons. The molecule has 0 aliphatic heterocycles. The summed E-state index contributed by atoms with van der Waals surface area (Å²) in [6.45, 7) is 5.28. The van der Waals surface area contributed by atoms with Crippen LogP contribution in [-0.2, 0) is 6.54 Å². The average Bonchev–Trinajstić information content (AvgIpc) is 2.40. The van der Waals surface area contributed by atoms with Crippen molar-refractivity contribution in [2.75, 3.05) is 54.4 Å². The van der Waals surface area contributed by atoms with Gasteiger partial charge in [-0.25, -0.2) is 0 Å². The molecule has 0 atom stereocenters. The fourth-order valence-electron chi connectivity index (χ4n) is 2.38. The number of nitrogens with zero attached hydrogens (tertiary/aromatic N) is 3. The molecule has 126 valence electrons. The lowest BCUT2D eigenvalue weighted by atomic mass is 10.2. The number of hydrogen-bond acceptors (Lipinski definition) is 3. The lowest BCUT2D eigenvalue weighted by Gasteiger charge is -2.24. The third-order valence-corrected chi connectivity index (χ3v) is 4.16. The third-order valence-electron chi connectivity index (χ3n) is 3.57. The van der Waals surface area contributed by atoms with Gasteiger partial charge in [0.1, 0.15) is 0 Å². The van der Waals surface area contributed by atoms with Crippen molar-refractivity contribution in [2.24, 2.45) is 0 Å². The van der Waals surface area contributed by atoms with E-state index in [-0.39, 0.29) is 0 Å². The molecular weight excluding hydrogens is 317 g/mol. The van der Waals surface area contributed by atoms with Gasteiger partial charge in [-0.3, -0.25) is 4.90 Å². The highest BCUT2D eigenvalue weighted by atomic mass is 35.5. The van der Waals surface area contributed by atoms with Crippen LogP contribution in [-0.4, -0.2) is 69.1 Å². The Bertz CT molecular complexity index is 422.